The second kappa shape index (κ2) is 7.95. The summed E-state index contributed by atoms with van der Waals surface area (Å²) in [5.74, 6) is 0.103. The number of aryl methyl sites for hydroxylation is 2. The Kier molecular flexibility index (Phi) is 5.21. The minimum atomic E-state index is 0.103. The summed E-state index contributed by atoms with van der Waals surface area (Å²) >= 11 is 0. The number of amides is 1. The maximum absolute atomic E-state index is 12.9. The molecule has 1 amide bonds. The summed E-state index contributed by atoms with van der Waals surface area (Å²) in [6.07, 6.45) is 4.24. The van der Waals surface area contributed by atoms with E-state index < -0.39 is 0 Å². The molecule has 2 aromatic heterocycles. The molecule has 148 valence electrons. The number of fused-ring (bicyclic) bond motifs is 1. The van der Waals surface area contributed by atoms with Gasteiger partial charge in [0.1, 0.15) is 0 Å². The molecule has 4 rings (SSSR count). The largest absolute Gasteiger partial charge is 0.358 e. The Balaban J connectivity index is 1.43. The van der Waals surface area contributed by atoms with Crippen LogP contribution in [0.15, 0.2) is 60.9 Å². The molecule has 0 aliphatic carbocycles. The molecule has 5 nitrogen and oxygen atoms in total. The van der Waals surface area contributed by atoms with Crippen molar-refractivity contribution in [1.82, 2.24) is 19.7 Å². The number of rotatable bonds is 6. The number of aromatic nitrogens is 3. The third kappa shape index (κ3) is 4.24. The zero-order valence-electron chi connectivity index (χ0n) is 17.1. The molecule has 0 aliphatic heterocycles. The summed E-state index contributed by atoms with van der Waals surface area (Å²) in [6, 6.07) is 16.6. The van der Waals surface area contributed by atoms with Gasteiger partial charge in [-0.25, -0.2) is 0 Å². The molecule has 0 aliphatic rings. The quantitative estimate of drug-likeness (QED) is 0.539. The van der Waals surface area contributed by atoms with E-state index >= 15 is 0 Å². The van der Waals surface area contributed by atoms with Crippen molar-refractivity contribution in [2.24, 2.45) is 0 Å². The highest BCUT2D eigenvalue weighted by atomic mass is 16.2. The standard InChI is InChI=1S/C24H26N4O/c1-17-9-10-23-22(11-17)21(18(2)26-23)12-24(29)27(3)14-20-13-25-28(16-20)15-19-7-5-4-6-8-19/h4-11,13,16,26H,12,14-15H2,1-3H3. The van der Waals surface area contributed by atoms with Crippen molar-refractivity contribution in [3.8, 4) is 0 Å². The smallest absolute Gasteiger partial charge is 0.227 e. The van der Waals surface area contributed by atoms with Crippen LogP contribution in [0.4, 0.5) is 0 Å². The second-order valence-electron chi connectivity index (χ2n) is 7.74. The molecule has 1 N–H and O–H groups in total. The van der Waals surface area contributed by atoms with E-state index in [0.29, 0.717) is 13.0 Å². The number of H-pyrrole nitrogens is 1. The highest BCUT2D eigenvalue weighted by molar-refractivity contribution is 5.90. The number of likely N-dealkylation sites (N-methyl/N-ethyl adjacent to an activating group) is 1. The van der Waals surface area contributed by atoms with Gasteiger partial charge in [0.05, 0.1) is 19.2 Å². The van der Waals surface area contributed by atoms with Gasteiger partial charge in [0.2, 0.25) is 5.91 Å². The van der Waals surface area contributed by atoms with Gasteiger partial charge in [-0.2, -0.15) is 5.10 Å². The maximum atomic E-state index is 12.9. The molecule has 0 bridgehead atoms. The molecule has 0 saturated heterocycles. The predicted octanol–water partition coefficient (Wildman–Crippen LogP) is 4.23. The molecular formula is C24H26N4O. The molecule has 29 heavy (non-hydrogen) atoms. The number of carbonyl (C=O) groups excluding carboxylic acids is 1. The summed E-state index contributed by atoms with van der Waals surface area (Å²) in [5.41, 5.74) is 6.66. The Hall–Kier alpha value is -3.34. The van der Waals surface area contributed by atoms with Gasteiger partial charge in [-0.1, -0.05) is 42.0 Å². The zero-order valence-corrected chi connectivity index (χ0v) is 17.1. The fourth-order valence-corrected chi connectivity index (χ4v) is 3.72. The molecule has 5 heteroatoms. The van der Waals surface area contributed by atoms with Gasteiger partial charge in [0.25, 0.3) is 0 Å². The van der Waals surface area contributed by atoms with Gasteiger partial charge in [-0.3, -0.25) is 9.48 Å². The van der Waals surface area contributed by atoms with Crippen LogP contribution in [0, 0.1) is 13.8 Å². The minimum absolute atomic E-state index is 0.103. The predicted molar refractivity (Wildman–Crippen MR) is 116 cm³/mol. The summed E-state index contributed by atoms with van der Waals surface area (Å²) in [4.78, 5) is 18.0. The van der Waals surface area contributed by atoms with E-state index in [0.717, 1.165) is 34.3 Å². The Bertz CT molecular complexity index is 1140. The van der Waals surface area contributed by atoms with E-state index in [1.54, 1.807) is 4.90 Å². The van der Waals surface area contributed by atoms with Crippen molar-refractivity contribution in [2.45, 2.75) is 33.4 Å². The number of nitrogens with zero attached hydrogens (tertiary/aromatic N) is 3. The Morgan fingerprint density at radius 2 is 1.90 bits per heavy atom. The highest BCUT2D eigenvalue weighted by Crippen LogP contribution is 2.24. The normalized spacial score (nSPS) is 11.1. The summed E-state index contributed by atoms with van der Waals surface area (Å²) < 4.78 is 1.91. The van der Waals surface area contributed by atoms with Crippen LogP contribution in [-0.2, 0) is 24.3 Å². The van der Waals surface area contributed by atoms with Crippen LogP contribution in [0.5, 0.6) is 0 Å². The van der Waals surface area contributed by atoms with Gasteiger partial charge in [-0.05, 0) is 37.1 Å². The molecular weight excluding hydrogens is 360 g/mol. The summed E-state index contributed by atoms with van der Waals surface area (Å²) in [7, 11) is 1.85. The van der Waals surface area contributed by atoms with Crippen LogP contribution in [0.3, 0.4) is 0 Å². The number of hydrogen-bond acceptors (Lipinski definition) is 2. The Morgan fingerprint density at radius 1 is 1.10 bits per heavy atom. The third-order valence-electron chi connectivity index (χ3n) is 5.32. The van der Waals surface area contributed by atoms with Crippen LogP contribution in [0.2, 0.25) is 0 Å². The van der Waals surface area contributed by atoms with E-state index in [-0.39, 0.29) is 5.91 Å². The molecule has 2 heterocycles. The van der Waals surface area contributed by atoms with Crippen molar-refractivity contribution < 1.29 is 4.79 Å². The number of hydrogen-bond donors (Lipinski definition) is 1. The van der Waals surface area contributed by atoms with Crippen molar-refractivity contribution in [3.63, 3.8) is 0 Å². The second-order valence-corrected chi connectivity index (χ2v) is 7.74. The lowest BCUT2D eigenvalue weighted by atomic mass is 10.1. The highest BCUT2D eigenvalue weighted by Gasteiger charge is 2.16. The van der Waals surface area contributed by atoms with Crippen LogP contribution >= 0.6 is 0 Å². The molecule has 0 unspecified atom stereocenters. The van der Waals surface area contributed by atoms with Crippen LogP contribution < -0.4 is 0 Å². The topological polar surface area (TPSA) is 53.9 Å². The van der Waals surface area contributed by atoms with Gasteiger partial charge in [0.15, 0.2) is 0 Å². The zero-order chi connectivity index (χ0) is 20.4. The minimum Gasteiger partial charge on any atom is -0.358 e. The first-order valence-corrected chi connectivity index (χ1v) is 9.86. The van der Waals surface area contributed by atoms with Crippen LogP contribution in [0.25, 0.3) is 10.9 Å². The number of aromatic amines is 1. The fourth-order valence-electron chi connectivity index (χ4n) is 3.72. The van der Waals surface area contributed by atoms with Crippen molar-refractivity contribution in [1.29, 1.82) is 0 Å². The van der Waals surface area contributed by atoms with E-state index in [2.05, 4.69) is 47.3 Å². The van der Waals surface area contributed by atoms with Crippen LogP contribution in [0.1, 0.15) is 27.9 Å². The van der Waals surface area contributed by atoms with Gasteiger partial charge >= 0.3 is 0 Å². The van der Waals surface area contributed by atoms with Crippen molar-refractivity contribution in [2.75, 3.05) is 7.05 Å². The van der Waals surface area contributed by atoms with Crippen molar-refractivity contribution in [3.05, 3.63) is 88.9 Å². The maximum Gasteiger partial charge on any atom is 0.227 e. The first-order chi connectivity index (χ1) is 14.0. The van der Waals surface area contributed by atoms with Gasteiger partial charge in [0, 0.05) is 41.9 Å². The number of carbonyl (C=O) groups is 1. The van der Waals surface area contributed by atoms with E-state index in [1.807, 2.05) is 49.2 Å². The molecule has 0 saturated carbocycles. The van der Waals surface area contributed by atoms with Gasteiger partial charge in [-0.15, -0.1) is 0 Å². The summed E-state index contributed by atoms with van der Waals surface area (Å²) in [6.45, 7) is 5.39. The number of benzene rings is 2. The molecule has 0 spiro atoms. The molecule has 0 atom stereocenters. The van der Waals surface area contributed by atoms with E-state index in [1.165, 1.54) is 11.1 Å². The lowest BCUT2D eigenvalue weighted by molar-refractivity contribution is -0.129. The molecule has 2 aromatic carbocycles. The Morgan fingerprint density at radius 3 is 2.69 bits per heavy atom. The average molecular weight is 386 g/mol. The van der Waals surface area contributed by atoms with E-state index in [9.17, 15) is 4.79 Å². The molecule has 0 fully saturated rings. The fraction of sp³-hybridized carbons (Fsp3) is 0.250. The lowest BCUT2D eigenvalue weighted by Crippen LogP contribution is -2.27. The first-order valence-electron chi connectivity index (χ1n) is 9.86. The van der Waals surface area contributed by atoms with Crippen LogP contribution in [-0.4, -0.2) is 32.6 Å². The third-order valence-corrected chi connectivity index (χ3v) is 5.32. The molecule has 0 radical (unpaired) electrons. The SMILES string of the molecule is Cc1ccc2[nH]c(C)c(CC(=O)N(C)Cc3cnn(Cc4ccccc4)c3)c2c1. The van der Waals surface area contributed by atoms with Crippen molar-refractivity contribution >= 4 is 16.8 Å². The van der Waals surface area contributed by atoms with Gasteiger partial charge < -0.3 is 9.88 Å². The lowest BCUT2D eigenvalue weighted by Gasteiger charge is -2.16. The van der Waals surface area contributed by atoms with E-state index in [4.69, 9.17) is 0 Å². The number of nitrogens with one attached hydrogen (secondary N) is 1. The molecule has 4 aromatic rings. The first kappa shape index (κ1) is 19.0. The monoisotopic (exact) mass is 386 g/mol. The average Bonchev–Trinajstić information content (AvgIpc) is 3.26. The Labute approximate surface area is 171 Å². The summed E-state index contributed by atoms with van der Waals surface area (Å²) in [5, 5.41) is 5.58.